The summed E-state index contributed by atoms with van der Waals surface area (Å²) in [4.78, 5) is 11.6. The third-order valence-electron chi connectivity index (χ3n) is 1.88. The van der Waals surface area contributed by atoms with Crippen molar-refractivity contribution in [2.75, 3.05) is 13.2 Å². The van der Waals surface area contributed by atoms with Crippen LogP contribution in [0.1, 0.15) is 27.7 Å². The molecule has 0 aliphatic rings. The SMILES string of the molecule is CCOP(=O)(OCC)C(OC(=O)C(C)C)C(Cl)(Cl)Cl. The van der Waals surface area contributed by atoms with Gasteiger partial charge in [-0.1, -0.05) is 48.7 Å². The monoisotopic (exact) mass is 354 g/mol. The molecule has 0 bridgehead atoms. The summed E-state index contributed by atoms with van der Waals surface area (Å²) in [5.74, 6) is -2.73. The maximum atomic E-state index is 12.5. The number of carbonyl (C=O) groups is 1. The Morgan fingerprint density at radius 2 is 1.58 bits per heavy atom. The zero-order valence-electron chi connectivity index (χ0n) is 11.2. The van der Waals surface area contributed by atoms with Gasteiger partial charge in [-0.15, -0.1) is 0 Å². The number of hydrogen-bond acceptors (Lipinski definition) is 5. The van der Waals surface area contributed by atoms with E-state index in [0.29, 0.717) is 0 Å². The molecule has 0 aliphatic heterocycles. The number of rotatable bonds is 7. The second-order valence-corrected chi connectivity index (χ2v) is 8.29. The summed E-state index contributed by atoms with van der Waals surface area (Å²) in [5.41, 5.74) is 0. The Labute approximate surface area is 128 Å². The quantitative estimate of drug-likeness (QED) is 0.390. The van der Waals surface area contributed by atoms with Crippen LogP contribution in [0, 0.1) is 5.92 Å². The van der Waals surface area contributed by atoms with E-state index in [2.05, 4.69) is 0 Å². The van der Waals surface area contributed by atoms with Gasteiger partial charge in [0.05, 0.1) is 19.1 Å². The molecule has 0 aliphatic carbocycles. The lowest BCUT2D eigenvalue weighted by molar-refractivity contribution is -0.150. The van der Waals surface area contributed by atoms with Gasteiger partial charge < -0.3 is 13.8 Å². The molecular formula is C10H18Cl3O5P. The molecule has 0 fully saturated rings. The molecule has 1 unspecified atom stereocenters. The zero-order chi connectivity index (χ0) is 15.3. The van der Waals surface area contributed by atoms with Crippen molar-refractivity contribution in [1.82, 2.24) is 0 Å². The van der Waals surface area contributed by atoms with Crippen LogP contribution in [-0.4, -0.2) is 28.8 Å². The van der Waals surface area contributed by atoms with Gasteiger partial charge in [0.2, 0.25) is 9.64 Å². The van der Waals surface area contributed by atoms with Crippen molar-refractivity contribution in [3.05, 3.63) is 0 Å². The van der Waals surface area contributed by atoms with Gasteiger partial charge >= 0.3 is 13.6 Å². The smallest absolute Gasteiger partial charge is 0.375 e. The maximum absolute atomic E-state index is 12.5. The molecule has 0 amide bonds. The van der Waals surface area contributed by atoms with Crippen LogP contribution >= 0.6 is 42.4 Å². The molecular weight excluding hydrogens is 337 g/mol. The van der Waals surface area contributed by atoms with Crippen LogP contribution in [0.25, 0.3) is 0 Å². The molecule has 0 aromatic carbocycles. The van der Waals surface area contributed by atoms with Crippen molar-refractivity contribution < 1.29 is 23.1 Å². The predicted octanol–water partition coefficient (Wildman–Crippen LogP) is 4.15. The fraction of sp³-hybridized carbons (Fsp3) is 0.900. The lowest BCUT2D eigenvalue weighted by atomic mass is 10.2. The lowest BCUT2D eigenvalue weighted by Crippen LogP contribution is -2.34. The van der Waals surface area contributed by atoms with Crippen molar-refractivity contribution >= 4 is 48.4 Å². The Bertz CT molecular complexity index is 333. The molecule has 114 valence electrons. The second kappa shape index (κ2) is 8.06. The molecule has 0 aromatic heterocycles. The molecule has 0 spiro atoms. The van der Waals surface area contributed by atoms with Crippen molar-refractivity contribution in [3.63, 3.8) is 0 Å². The van der Waals surface area contributed by atoms with E-state index >= 15 is 0 Å². The highest BCUT2D eigenvalue weighted by atomic mass is 35.6. The van der Waals surface area contributed by atoms with E-state index in [-0.39, 0.29) is 13.2 Å². The summed E-state index contributed by atoms with van der Waals surface area (Å²) in [6.07, 6.45) is 0. The molecule has 0 N–H and O–H groups in total. The van der Waals surface area contributed by atoms with E-state index in [1.165, 1.54) is 0 Å². The van der Waals surface area contributed by atoms with Gasteiger partial charge in [0.1, 0.15) is 0 Å². The number of hydrogen-bond donors (Lipinski definition) is 0. The molecule has 0 aromatic rings. The van der Waals surface area contributed by atoms with Crippen LogP contribution in [-0.2, 0) is 23.1 Å². The molecule has 9 heteroatoms. The summed E-state index contributed by atoms with van der Waals surface area (Å²) in [5, 5.41) is 0. The highest BCUT2D eigenvalue weighted by Crippen LogP contribution is 2.60. The van der Waals surface area contributed by atoms with E-state index in [4.69, 9.17) is 48.6 Å². The van der Waals surface area contributed by atoms with Gasteiger partial charge in [0, 0.05) is 0 Å². The van der Waals surface area contributed by atoms with Gasteiger partial charge in [-0.3, -0.25) is 9.36 Å². The number of ether oxygens (including phenoxy) is 1. The van der Waals surface area contributed by atoms with Crippen molar-refractivity contribution in [2.24, 2.45) is 5.92 Å². The van der Waals surface area contributed by atoms with Gasteiger partial charge in [-0.05, 0) is 13.8 Å². The minimum Gasteiger partial charge on any atom is -0.444 e. The van der Waals surface area contributed by atoms with Crippen LogP contribution in [0.2, 0.25) is 0 Å². The average Bonchev–Trinajstić information content (AvgIpc) is 2.24. The van der Waals surface area contributed by atoms with Gasteiger partial charge in [-0.25, -0.2) is 0 Å². The molecule has 1 atom stereocenters. The third kappa shape index (κ3) is 6.19. The first-order valence-corrected chi connectivity index (χ1v) is 8.49. The third-order valence-corrected chi connectivity index (χ3v) is 5.24. The predicted molar refractivity (Wildman–Crippen MR) is 75.9 cm³/mol. The zero-order valence-corrected chi connectivity index (χ0v) is 14.4. The molecule has 0 saturated carbocycles. The summed E-state index contributed by atoms with van der Waals surface area (Å²) in [6, 6.07) is 0. The average molecular weight is 356 g/mol. The Morgan fingerprint density at radius 1 is 1.16 bits per heavy atom. The number of alkyl halides is 3. The topological polar surface area (TPSA) is 61.8 Å². The summed E-state index contributed by atoms with van der Waals surface area (Å²) >= 11 is 17.2. The number of carbonyl (C=O) groups excluding carboxylic acids is 1. The Morgan fingerprint density at radius 3 is 1.84 bits per heavy atom. The van der Waals surface area contributed by atoms with E-state index < -0.39 is 29.1 Å². The standard InChI is InChI=1S/C10H18Cl3O5P/c1-5-16-19(15,17-6-2)9(10(11,12)13)18-8(14)7(3)4/h7,9H,5-6H2,1-4H3. The molecule has 0 radical (unpaired) electrons. The van der Waals surface area contributed by atoms with E-state index in [9.17, 15) is 9.36 Å². The van der Waals surface area contributed by atoms with E-state index in [0.717, 1.165) is 0 Å². The Balaban J connectivity index is 5.32. The molecule has 19 heavy (non-hydrogen) atoms. The van der Waals surface area contributed by atoms with Gasteiger partial charge in [0.15, 0.2) is 0 Å². The number of esters is 1. The minimum absolute atomic E-state index is 0.0632. The fourth-order valence-electron chi connectivity index (χ4n) is 1.09. The van der Waals surface area contributed by atoms with Crippen molar-refractivity contribution in [3.8, 4) is 0 Å². The molecule has 0 rings (SSSR count). The minimum atomic E-state index is -3.88. The largest absolute Gasteiger partial charge is 0.444 e. The van der Waals surface area contributed by atoms with Crippen LogP contribution in [0.15, 0.2) is 0 Å². The van der Waals surface area contributed by atoms with Gasteiger partial charge in [0.25, 0.3) is 0 Å². The maximum Gasteiger partial charge on any atom is 0.375 e. The van der Waals surface area contributed by atoms with E-state index in [1.54, 1.807) is 27.7 Å². The number of halogens is 3. The van der Waals surface area contributed by atoms with Crippen LogP contribution in [0.5, 0.6) is 0 Å². The van der Waals surface area contributed by atoms with Gasteiger partial charge in [-0.2, -0.15) is 0 Å². The highest BCUT2D eigenvalue weighted by Gasteiger charge is 2.52. The van der Waals surface area contributed by atoms with E-state index in [1.807, 2.05) is 0 Å². The Kier molecular flexibility index (Phi) is 8.27. The first kappa shape index (κ1) is 19.5. The summed E-state index contributed by atoms with van der Waals surface area (Å²) in [7, 11) is -3.88. The molecule has 0 heterocycles. The normalized spacial score (nSPS) is 14.5. The summed E-state index contributed by atoms with van der Waals surface area (Å²) < 4.78 is 25.5. The second-order valence-electron chi connectivity index (χ2n) is 3.86. The Hall–Kier alpha value is 0.490. The fourth-order valence-corrected chi connectivity index (χ4v) is 3.96. The highest BCUT2D eigenvalue weighted by molar-refractivity contribution is 7.55. The lowest BCUT2D eigenvalue weighted by Gasteiger charge is -2.30. The first-order chi connectivity index (χ1) is 8.58. The van der Waals surface area contributed by atoms with Crippen molar-refractivity contribution in [2.45, 2.75) is 37.3 Å². The van der Waals surface area contributed by atoms with Crippen LogP contribution in [0.3, 0.4) is 0 Å². The first-order valence-electron chi connectivity index (χ1n) is 5.74. The molecule has 0 saturated heterocycles. The van der Waals surface area contributed by atoms with Crippen LogP contribution in [0.4, 0.5) is 0 Å². The van der Waals surface area contributed by atoms with Crippen molar-refractivity contribution in [1.29, 1.82) is 0 Å². The molecule has 5 nitrogen and oxygen atoms in total. The van der Waals surface area contributed by atoms with Crippen LogP contribution < -0.4 is 0 Å². The summed E-state index contributed by atoms with van der Waals surface area (Å²) in [6.45, 7) is 6.53.